The van der Waals surface area contributed by atoms with Gasteiger partial charge in [0.2, 0.25) is 0 Å². The van der Waals surface area contributed by atoms with Crippen LogP contribution in [0.15, 0.2) is 186 Å². The molecule has 0 aliphatic rings. The Labute approximate surface area is 287 Å². The quantitative estimate of drug-likeness (QED) is 0.178. The van der Waals surface area contributed by atoms with E-state index in [1.165, 1.54) is 49.4 Å². The van der Waals surface area contributed by atoms with Crippen LogP contribution >= 0.6 is 0 Å². The van der Waals surface area contributed by atoms with Crippen molar-refractivity contribution >= 4 is 54.3 Å². The lowest BCUT2D eigenvalue weighted by Crippen LogP contribution is -1.91. The van der Waals surface area contributed by atoms with Gasteiger partial charge in [-0.3, -0.25) is 0 Å². The maximum absolute atomic E-state index is 9.09. The first-order valence-electron chi connectivity index (χ1n) is 17.7. The molecule has 0 bridgehead atoms. The largest absolute Gasteiger partial charge is 0.456 e. The fourth-order valence-corrected chi connectivity index (χ4v) is 7.54. The smallest absolute Gasteiger partial charge is 0.136 e. The normalized spacial score (nSPS) is 12.2. The molecule has 0 N–H and O–H groups in total. The van der Waals surface area contributed by atoms with Crippen molar-refractivity contribution in [2.24, 2.45) is 0 Å². The molecule has 0 unspecified atom stereocenters. The molecule has 1 aromatic heterocycles. The molecule has 1 heterocycles. The van der Waals surface area contributed by atoms with E-state index in [1.807, 2.05) is 30.3 Å². The first-order valence-corrected chi connectivity index (χ1v) is 16.7. The van der Waals surface area contributed by atoms with Gasteiger partial charge in [0.25, 0.3) is 0 Å². The van der Waals surface area contributed by atoms with Crippen LogP contribution in [0.25, 0.3) is 98.8 Å². The third-order valence-electron chi connectivity index (χ3n) is 9.80. The number of rotatable bonds is 4. The molecule has 0 aliphatic heterocycles. The predicted molar refractivity (Wildman–Crippen MR) is 208 cm³/mol. The molecule has 1 nitrogen and oxygen atoms in total. The van der Waals surface area contributed by atoms with Gasteiger partial charge in [-0.25, -0.2) is 0 Å². The fourth-order valence-electron chi connectivity index (χ4n) is 7.54. The van der Waals surface area contributed by atoms with Crippen molar-refractivity contribution in [3.8, 4) is 44.5 Å². The summed E-state index contributed by atoms with van der Waals surface area (Å²) in [7, 11) is 0. The maximum Gasteiger partial charge on any atom is 0.136 e. The summed E-state index contributed by atoms with van der Waals surface area (Å²) < 4.78 is 24.2. The second kappa shape index (κ2) is 11.1. The Kier molecular flexibility index (Phi) is 5.79. The van der Waals surface area contributed by atoms with E-state index in [9.17, 15) is 0 Å². The minimum absolute atomic E-state index is 0.324. The molecule has 0 atom stereocenters. The summed E-state index contributed by atoms with van der Waals surface area (Å²) in [6.45, 7) is 0. The van der Waals surface area contributed by atoms with E-state index in [1.54, 1.807) is 0 Å². The lowest BCUT2D eigenvalue weighted by Gasteiger charge is -2.18. The van der Waals surface area contributed by atoms with Gasteiger partial charge in [-0.1, -0.05) is 146 Å². The van der Waals surface area contributed by atoms with E-state index < -0.39 is 0 Å². The summed E-state index contributed by atoms with van der Waals surface area (Å²) >= 11 is 0. The SMILES string of the molecule is [2H]c1c2ccccc2c([2H])c2c1oc1ccc(-c3cccc(-c4c5ccccc5c(-c5cccc(-c6ccccc6)c5)c5ccccc45)c3)cc12. The summed E-state index contributed by atoms with van der Waals surface area (Å²) in [6.07, 6.45) is 0. The van der Waals surface area contributed by atoms with Crippen LogP contribution in [0.5, 0.6) is 0 Å². The third-order valence-corrected chi connectivity index (χ3v) is 9.80. The van der Waals surface area contributed by atoms with Crippen LogP contribution in [-0.2, 0) is 0 Å². The zero-order valence-corrected chi connectivity index (χ0v) is 26.6. The molecule has 0 radical (unpaired) electrons. The Morgan fingerprint density at radius 1 is 0.306 bits per heavy atom. The Hall–Kier alpha value is -6.44. The van der Waals surface area contributed by atoms with E-state index in [4.69, 9.17) is 7.16 Å². The lowest BCUT2D eigenvalue weighted by molar-refractivity contribution is 0.669. The van der Waals surface area contributed by atoms with Crippen molar-refractivity contribution in [1.29, 1.82) is 0 Å². The second-order valence-electron chi connectivity index (χ2n) is 12.7. The van der Waals surface area contributed by atoms with Crippen LogP contribution < -0.4 is 0 Å². The lowest BCUT2D eigenvalue weighted by atomic mass is 9.85. The zero-order chi connectivity index (χ0) is 34.1. The minimum atomic E-state index is 0.324. The predicted octanol–water partition coefficient (Wildman–Crippen LogP) is 13.7. The first-order chi connectivity index (χ1) is 25.1. The van der Waals surface area contributed by atoms with Gasteiger partial charge in [-0.2, -0.15) is 0 Å². The van der Waals surface area contributed by atoms with Crippen LogP contribution in [0, 0.1) is 0 Å². The van der Waals surface area contributed by atoms with Gasteiger partial charge in [0.15, 0.2) is 0 Å². The van der Waals surface area contributed by atoms with Crippen LogP contribution in [-0.4, -0.2) is 0 Å². The zero-order valence-electron chi connectivity index (χ0n) is 28.6. The number of hydrogen-bond acceptors (Lipinski definition) is 1. The van der Waals surface area contributed by atoms with Crippen molar-refractivity contribution in [2.45, 2.75) is 0 Å². The molecule has 0 fully saturated rings. The van der Waals surface area contributed by atoms with Gasteiger partial charge >= 0.3 is 0 Å². The second-order valence-corrected chi connectivity index (χ2v) is 12.7. The molecule has 0 amide bonds. The van der Waals surface area contributed by atoms with E-state index in [-0.39, 0.29) is 0 Å². The van der Waals surface area contributed by atoms with Crippen LogP contribution in [0.4, 0.5) is 0 Å². The highest BCUT2D eigenvalue weighted by Gasteiger charge is 2.18. The fraction of sp³-hybridized carbons (Fsp3) is 0. The molecule has 10 rings (SSSR count). The van der Waals surface area contributed by atoms with Gasteiger partial charge in [-0.05, 0) is 113 Å². The van der Waals surface area contributed by atoms with Gasteiger partial charge in [0.05, 0.1) is 2.74 Å². The number of furan rings is 1. The molecule has 0 saturated heterocycles. The first kappa shape index (κ1) is 25.6. The van der Waals surface area contributed by atoms with Crippen LogP contribution in [0.3, 0.4) is 0 Å². The molecule has 10 aromatic rings. The molecule has 9 aromatic carbocycles. The highest BCUT2D eigenvalue weighted by molar-refractivity contribution is 6.21. The molecule has 1 heteroatoms. The summed E-state index contributed by atoms with van der Waals surface area (Å²) in [6, 6.07) is 60.3. The van der Waals surface area contributed by atoms with Crippen molar-refractivity contribution in [2.75, 3.05) is 0 Å². The van der Waals surface area contributed by atoms with E-state index >= 15 is 0 Å². The summed E-state index contributed by atoms with van der Waals surface area (Å²) in [4.78, 5) is 0. The van der Waals surface area contributed by atoms with Gasteiger partial charge in [-0.15, -0.1) is 0 Å². The third kappa shape index (κ3) is 4.55. The van der Waals surface area contributed by atoms with Crippen molar-refractivity contribution in [3.63, 3.8) is 0 Å². The Morgan fingerprint density at radius 3 is 1.39 bits per heavy atom. The average molecular weight is 625 g/mol. The Balaban J connectivity index is 1.17. The van der Waals surface area contributed by atoms with Gasteiger partial charge in [0.1, 0.15) is 11.2 Å². The van der Waals surface area contributed by atoms with E-state index in [0.717, 1.165) is 32.8 Å². The molecule has 49 heavy (non-hydrogen) atoms. The summed E-state index contributed by atoms with van der Waals surface area (Å²) in [5.74, 6) is 0. The molecule has 228 valence electrons. The van der Waals surface area contributed by atoms with Crippen molar-refractivity contribution in [1.82, 2.24) is 0 Å². The Morgan fingerprint density at radius 2 is 0.776 bits per heavy atom. The van der Waals surface area contributed by atoms with E-state index in [0.29, 0.717) is 28.6 Å². The highest BCUT2D eigenvalue weighted by Crippen LogP contribution is 2.45. The number of benzene rings is 9. The molecule has 0 aliphatic carbocycles. The summed E-state index contributed by atoms with van der Waals surface area (Å²) in [5.41, 5.74) is 10.5. The van der Waals surface area contributed by atoms with Crippen LogP contribution in [0.1, 0.15) is 2.74 Å². The Bertz CT molecular complexity index is 2940. The van der Waals surface area contributed by atoms with Gasteiger partial charge in [0, 0.05) is 10.8 Å². The average Bonchev–Trinajstić information content (AvgIpc) is 3.59. The van der Waals surface area contributed by atoms with Crippen molar-refractivity contribution in [3.05, 3.63) is 182 Å². The number of fused-ring (bicyclic) bond motifs is 6. The maximum atomic E-state index is 9.09. The topological polar surface area (TPSA) is 13.1 Å². The minimum Gasteiger partial charge on any atom is -0.456 e. The van der Waals surface area contributed by atoms with Gasteiger partial charge < -0.3 is 4.42 Å². The molecule has 0 spiro atoms. The highest BCUT2D eigenvalue weighted by atomic mass is 16.3. The standard InChI is InChI=1S/C48H30O/c1-2-12-31(13-3-1)32-16-10-18-37(26-32)47-39-20-6-8-22-41(39)48(42-23-9-7-21-40(42)47)38-19-11-17-33(27-38)36-24-25-45-43(29-36)44-28-34-14-4-5-15-35(34)30-46(44)49-45/h1-30H/i28D,30D. The molecular formula is C48H30O. The van der Waals surface area contributed by atoms with Crippen LogP contribution in [0.2, 0.25) is 0 Å². The monoisotopic (exact) mass is 624 g/mol. The summed E-state index contributed by atoms with van der Waals surface area (Å²) in [5, 5.41) is 7.89. The number of hydrogen-bond donors (Lipinski definition) is 0. The molecular weight excluding hydrogens is 593 g/mol. The van der Waals surface area contributed by atoms with E-state index in [2.05, 4.69) is 140 Å². The molecule has 0 saturated carbocycles. The van der Waals surface area contributed by atoms with Crippen molar-refractivity contribution < 1.29 is 7.16 Å².